The van der Waals surface area contributed by atoms with E-state index in [1.807, 2.05) is 24.3 Å². The van der Waals surface area contributed by atoms with Crippen molar-refractivity contribution in [1.82, 2.24) is 9.97 Å². The quantitative estimate of drug-likeness (QED) is 0.800. The van der Waals surface area contributed by atoms with Gasteiger partial charge in [-0.2, -0.15) is 0 Å². The Balaban J connectivity index is 2.34. The van der Waals surface area contributed by atoms with Gasteiger partial charge in [-0.25, -0.2) is 9.97 Å². The van der Waals surface area contributed by atoms with Crippen molar-refractivity contribution in [3.05, 3.63) is 41.4 Å². The van der Waals surface area contributed by atoms with Crippen LogP contribution in [0.25, 0.3) is 22.2 Å². The highest BCUT2D eigenvalue weighted by molar-refractivity contribution is 6.30. The summed E-state index contributed by atoms with van der Waals surface area (Å²) in [6, 6.07) is 11.0. The minimum Gasteiger partial charge on any atom is -0.493 e. The summed E-state index contributed by atoms with van der Waals surface area (Å²) in [5, 5.41) is 1.44. The Bertz CT molecular complexity index is 852. The second-order valence-corrected chi connectivity index (χ2v) is 5.10. The monoisotopic (exact) mass is 315 g/mol. The topological polar surface area (TPSA) is 70.3 Å². The molecule has 1 aromatic heterocycles. The Kier molecular flexibility index (Phi) is 3.73. The van der Waals surface area contributed by atoms with Crippen LogP contribution in [0.15, 0.2) is 36.4 Å². The maximum absolute atomic E-state index is 6.07. The number of hydrogen-bond donors (Lipinski definition) is 1. The minimum absolute atomic E-state index is 0.190. The normalized spacial score (nSPS) is 10.7. The van der Waals surface area contributed by atoms with Crippen molar-refractivity contribution >= 4 is 28.5 Å². The zero-order valence-electron chi connectivity index (χ0n) is 12.1. The van der Waals surface area contributed by atoms with Crippen molar-refractivity contribution in [2.75, 3.05) is 20.0 Å². The minimum atomic E-state index is 0.190. The fraction of sp³-hybridized carbons (Fsp3) is 0.125. The van der Waals surface area contributed by atoms with E-state index in [9.17, 15) is 0 Å². The van der Waals surface area contributed by atoms with Gasteiger partial charge >= 0.3 is 0 Å². The summed E-state index contributed by atoms with van der Waals surface area (Å²) in [4.78, 5) is 8.62. The van der Waals surface area contributed by atoms with E-state index in [1.54, 1.807) is 26.4 Å². The molecule has 0 fully saturated rings. The molecule has 0 aliphatic rings. The molecule has 1 heterocycles. The number of halogens is 1. The molecule has 0 bridgehead atoms. The third kappa shape index (κ3) is 2.51. The molecule has 0 saturated heterocycles. The number of rotatable bonds is 3. The van der Waals surface area contributed by atoms with E-state index in [1.165, 1.54) is 0 Å². The van der Waals surface area contributed by atoms with E-state index in [4.69, 9.17) is 26.8 Å². The van der Waals surface area contributed by atoms with Gasteiger partial charge in [-0.3, -0.25) is 0 Å². The number of fused-ring (bicyclic) bond motifs is 1. The molecule has 0 amide bonds. The molecule has 0 radical (unpaired) electrons. The lowest BCUT2D eigenvalue weighted by Gasteiger charge is -2.12. The molecule has 3 aromatic rings. The van der Waals surface area contributed by atoms with Crippen molar-refractivity contribution < 1.29 is 9.47 Å². The SMILES string of the molecule is COc1cc2nc(N)nc(-c3cccc(Cl)c3)c2cc1OC. The highest BCUT2D eigenvalue weighted by atomic mass is 35.5. The standard InChI is InChI=1S/C16H14ClN3O2/c1-21-13-7-11-12(8-14(13)22-2)19-16(18)20-15(11)9-4-3-5-10(17)6-9/h3-8H,1-2H3,(H2,18,19,20). The Labute approximate surface area is 132 Å². The average molecular weight is 316 g/mol. The highest BCUT2D eigenvalue weighted by Gasteiger charge is 2.13. The summed E-state index contributed by atoms with van der Waals surface area (Å²) in [6.07, 6.45) is 0. The number of nitrogens with two attached hydrogens (primary N) is 1. The van der Waals surface area contributed by atoms with Crippen LogP contribution >= 0.6 is 11.6 Å². The molecule has 0 aliphatic carbocycles. The number of anilines is 1. The van der Waals surface area contributed by atoms with E-state index in [0.717, 1.165) is 10.9 Å². The first-order valence-corrected chi connectivity index (χ1v) is 6.95. The van der Waals surface area contributed by atoms with Crippen molar-refractivity contribution in [1.29, 1.82) is 0 Å². The first-order valence-electron chi connectivity index (χ1n) is 6.57. The molecule has 5 nitrogen and oxygen atoms in total. The summed E-state index contributed by atoms with van der Waals surface area (Å²) in [6.45, 7) is 0. The van der Waals surface area contributed by atoms with E-state index in [-0.39, 0.29) is 5.95 Å². The van der Waals surface area contributed by atoms with Crippen molar-refractivity contribution in [2.45, 2.75) is 0 Å². The molecule has 6 heteroatoms. The van der Waals surface area contributed by atoms with Gasteiger partial charge in [-0.15, -0.1) is 0 Å². The van der Waals surface area contributed by atoms with Crippen molar-refractivity contribution in [3.8, 4) is 22.8 Å². The van der Waals surface area contributed by atoms with Gasteiger partial charge in [0.1, 0.15) is 0 Å². The van der Waals surface area contributed by atoms with Gasteiger partial charge in [0.25, 0.3) is 0 Å². The van der Waals surface area contributed by atoms with Gasteiger partial charge in [0.15, 0.2) is 11.5 Å². The molecule has 3 rings (SSSR count). The van der Waals surface area contributed by atoms with Crippen LogP contribution in [0, 0.1) is 0 Å². The number of aromatic nitrogens is 2. The van der Waals surface area contributed by atoms with Gasteiger partial charge in [0, 0.05) is 22.0 Å². The molecule has 0 aliphatic heterocycles. The molecule has 0 spiro atoms. The molecule has 112 valence electrons. The van der Waals surface area contributed by atoms with Crippen LogP contribution in [-0.2, 0) is 0 Å². The predicted molar refractivity (Wildman–Crippen MR) is 87.5 cm³/mol. The summed E-state index contributed by atoms with van der Waals surface area (Å²) in [5.41, 5.74) is 8.08. The van der Waals surface area contributed by atoms with E-state index >= 15 is 0 Å². The van der Waals surface area contributed by atoms with Crippen LogP contribution < -0.4 is 15.2 Å². The lowest BCUT2D eigenvalue weighted by Crippen LogP contribution is -1.99. The van der Waals surface area contributed by atoms with Crippen LogP contribution in [0.2, 0.25) is 5.02 Å². The first kappa shape index (κ1) is 14.4. The van der Waals surface area contributed by atoms with Crippen LogP contribution in [0.1, 0.15) is 0 Å². The van der Waals surface area contributed by atoms with Crippen LogP contribution in [0.4, 0.5) is 5.95 Å². The van der Waals surface area contributed by atoms with Gasteiger partial charge in [0.05, 0.1) is 25.4 Å². The summed E-state index contributed by atoms with van der Waals surface area (Å²) in [5.74, 6) is 1.38. The average Bonchev–Trinajstić information content (AvgIpc) is 2.52. The second kappa shape index (κ2) is 5.69. The van der Waals surface area contributed by atoms with Crippen LogP contribution in [0.3, 0.4) is 0 Å². The molecular formula is C16H14ClN3O2. The number of nitrogen functional groups attached to an aromatic ring is 1. The van der Waals surface area contributed by atoms with E-state index < -0.39 is 0 Å². The number of benzene rings is 2. The van der Waals surface area contributed by atoms with Gasteiger partial charge in [-0.05, 0) is 18.2 Å². The Morgan fingerprint density at radius 1 is 1.00 bits per heavy atom. The second-order valence-electron chi connectivity index (χ2n) is 4.67. The fourth-order valence-corrected chi connectivity index (χ4v) is 2.52. The maximum atomic E-state index is 6.07. The maximum Gasteiger partial charge on any atom is 0.221 e. The largest absolute Gasteiger partial charge is 0.493 e. The van der Waals surface area contributed by atoms with Crippen molar-refractivity contribution in [3.63, 3.8) is 0 Å². The molecule has 0 atom stereocenters. The Morgan fingerprint density at radius 3 is 2.41 bits per heavy atom. The van der Waals surface area contributed by atoms with E-state index in [0.29, 0.717) is 27.7 Å². The third-order valence-corrected chi connectivity index (χ3v) is 3.55. The molecule has 2 aromatic carbocycles. The van der Waals surface area contributed by atoms with Crippen LogP contribution in [-0.4, -0.2) is 24.2 Å². The number of nitrogens with zero attached hydrogens (tertiary/aromatic N) is 2. The molecule has 2 N–H and O–H groups in total. The molecule has 0 unspecified atom stereocenters. The Hall–Kier alpha value is -2.53. The lowest BCUT2D eigenvalue weighted by atomic mass is 10.1. The molecular weight excluding hydrogens is 302 g/mol. The number of hydrogen-bond acceptors (Lipinski definition) is 5. The predicted octanol–water partition coefficient (Wildman–Crippen LogP) is 3.55. The number of methoxy groups -OCH3 is 2. The zero-order chi connectivity index (χ0) is 15.7. The zero-order valence-corrected chi connectivity index (χ0v) is 12.9. The van der Waals surface area contributed by atoms with Gasteiger partial charge < -0.3 is 15.2 Å². The van der Waals surface area contributed by atoms with E-state index in [2.05, 4.69) is 9.97 Å². The summed E-state index contributed by atoms with van der Waals surface area (Å²) in [7, 11) is 3.16. The van der Waals surface area contributed by atoms with Gasteiger partial charge in [-0.1, -0.05) is 23.7 Å². The third-order valence-electron chi connectivity index (χ3n) is 3.32. The van der Waals surface area contributed by atoms with Crippen molar-refractivity contribution in [2.24, 2.45) is 0 Å². The first-order chi connectivity index (χ1) is 10.6. The smallest absolute Gasteiger partial charge is 0.221 e. The highest BCUT2D eigenvalue weighted by Crippen LogP contribution is 2.36. The number of ether oxygens (including phenoxy) is 2. The fourth-order valence-electron chi connectivity index (χ4n) is 2.33. The summed E-state index contributed by atoms with van der Waals surface area (Å²) < 4.78 is 10.7. The molecule has 0 saturated carbocycles. The van der Waals surface area contributed by atoms with Gasteiger partial charge in [0.2, 0.25) is 5.95 Å². The molecule has 22 heavy (non-hydrogen) atoms. The Morgan fingerprint density at radius 2 is 1.73 bits per heavy atom. The summed E-state index contributed by atoms with van der Waals surface area (Å²) >= 11 is 6.07. The van der Waals surface area contributed by atoms with Crippen LogP contribution in [0.5, 0.6) is 11.5 Å². The lowest BCUT2D eigenvalue weighted by molar-refractivity contribution is 0.356.